The number of benzene rings is 2. The summed E-state index contributed by atoms with van der Waals surface area (Å²) in [5.41, 5.74) is -0.255. The highest BCUT2D eigenvalue weighted by Crippen LogP contribution is 2.31. The molecule has 0 aliphatic rings. The Balaban J connectivity index is 2.40. The summed E-state index contributed by atoms with van der Waals surface area (Å²) in [6, 6.07) is 6.95. The number of methoxy groups -OCH3 is 2. The molecule has 22 heavy (non-hydrogen) atoms. The summed E-state index contributed by atoms with van der Waals surface area (Å²) >= 11 is 0. The van der Waals surface area contributed by atoms with Gasteiger partial charge < -0.3 is 14.6 Å². The highest BCUT2D eigenvalue weighted by molar-refractivity contribution is 7.92. The second-order valence-corrected chi connectivity index (χ2v) is 5.97. The molecule has 0 atom stereocenters. The van der Waals surface area contributed by atoms with Crippen LogP contribution in [0.25, 0.3) is 0 Å². The minimum Gasteiger partial charge on any atom is -0.506 e. The second kappa shape index (κ2) is 6.10. The topological polar surface area (TPSA) is 84.9 Å². The third-order valence-electron chi connectivity index (χ3n) is 2.87. The van der Waals surface area contributed by atoms with Crippen molar-refractivity contribution in [3.05, 3.63) is 42.2 Å². The smallest absolute Gasteiger partial charge is 0.262 e. The molecule has 0 heterocycles. The number of hydrogen-bond donors (Lipinski definition) is 2. The van der Waals surface area contributed by atoms with E-state index in [-0.39, 0.29) is 22.1 Å². The van der Waals surface area contributed by atoms with Crippen molar-refractivity contribution in [3.8, 4) is 17.2 Å². The minimum atomic E-state index is -4.02. The molecular formula is C14H14FNO5S. The molecule has 0 aromatic heterocycles. The predicted molar refractivity (Wildman–Crippen MR) is 78.4 cm³/mol. The van der Waals surface area contributed by atoms with E-state index in [9.17, 15) is 17.9 Å². The van der Waals surface area contributed by atoms with E-state index in [2.05, 4.69) is 4.72 Å². The second-order valence-electron chi connectivity index (χ2n) is 4.28. The first kappa shape index (κ1) is 15.9. The van der Waals surface area contributed by atoms with Crippen LogP contribution in [0.5, 0.6) is 17.2 Å². The van der Waals surface area contributed by atoms with Crippen LogP contribution < -0.4 is 14.2 Å². The number of halogens is 1. The van der Waals surface area contributed by atoms with Crippen LogP contribution in [-0.4, -0.2) is 27.7 Å². The lowest BCUT2D eigenvalue weighted by Crippen LogP contribution is -2.13. The molecule has 8 heteroatoms. The lowest BCUT2D eigenvalue weighted by Gasteiger charge is -2.12. The maximum Gasteiger partial charge on any atom is 0.262 e. The summed E-state index contributed by atoms with van der Waals surface area (Å²) in [7, 11) is -1.22. The molecule has 0 aliphatic heterocycles. The van der Waals surface area contributed by atoms with Gasteiger partial charge in [-0.1, -0.05) is 0 Å². The Hall–Kier alpha value is -2.48. The van der Waals surface area contributed by atoms with Crippen molar-refractivity contribution in [2.75, 3.05) is 18.9 Å². The molecule has 0 aliphatic carbocycles. The molecule has 0 saturated carbocycles. The Morgan fingerprint density at radius 3 is 2.36 bits per heavy atom. The van der Waals surface area contributed by atoms with Gasteiger partial charge in [0.25, 0.3) is 10.0 Å². The van der Waals surface area contributed by atoms with Crippen LogP contribution in [0.1, 0.15) is 0 Å². The predicted octanol–water partition coefficient (Wildman–Crippen LogP) is 2.35. The molecule has 2 rings (SSSR count). The van der Waals surface area contributed by atoms with Gasteiger partial charge in [-0.25, -0.2) is 12.8 Å². The van der Waals surface area contributed by atoms with Gasteiger partial charge in [0.15, 0.2) is 11.5 Å². The normalized spacial score (nSPS) is 11.0. The molecule has 0 spiro atoms. The Morgan fingerprint density at radius 2 is 1.73 bits per heavy atom. The molecule has 0 unspecified atom stereocenters. The van der Waals surface area contributed by atoms with Crippen LogP contribution in [-0.2, 0) is 10.0 Å². The number of anilines is 1. The molecule has 2 aromatic carbocycles. The van der Waals surface area contributed by atoms with Gasteiger partial charge in [-0.3, -0.25) is 4.72 Å². The Labute approximate surface area is 127 Å². The molecule has 2 aromatic rings. The van der Waals surface area contributed by atoms with Gasteiger partial charge in [0.1, 0.15) is 11.6 Å². The molecule has 2 N–H and O–H groups in total. The average Bonchev–Trinajstić information content (AvgIpc) is 2.49. The minimum absolute atomic E-state index is 0.117. The van der Waals surface area contributed by atoms with E-state index in [4.69, 9.17) is 9.47 Å². The number of sulfonamides is 1. The van der Waals surface area contributed by atoms with Crippen LogP contribution in [0.3, 0.4) is 0 Å². The maximum absolute atomic E-state index is 13.2. The number of nitrogens with one attached hydrogen (secondary N) is 1. The highest BCUT2D eigenvalue weighted by Gasteiger charge is 2.19. The third kappa shape index (κ3) is 3.22. The zero-order valence-corrected chi connectivity index (χ0v) is 12.6. The van der Waals surface area contributed by atoms with Crippen LogP contribution >= 0.6 is 0 Å². The summed E-state index contributed by atoms with van der Waals surface area (Å²) < 4.78 is 49.9. The van der Waals surface area contributed by atoms with Crippen molar-refractivity contribution in [1.82, 2.24) is 0 Å². The molecule has 0 fully saturated rings. The number of aromatic hydroxyl groups is 1. The molecule has 0 radical (unpaired) electrons. The zero-order chi connectivity index (χ0) is 16.3. The molecule has 118 valence electrons. The fraction of sp³-hybridized carbons (Fsp3) is 0.143. The summed E-state index contributed by atoms with van der Waals surface area (Å²) in [6.45, 7) is 0. The standard InChI is InChI=1S/C14H14FNO5S/c1-20-13-6-4-10(8-14(13)21-2)22(18,19)16-11-7-9(15)3-5-12(11)17/h3-8,16-17H,1-2H3. The van der Waals surface area contributed by atoms with Gasteiger partial charge in [-0.05, 0) is 24.3 Å². The van der Waals surface area contributed by atoms with Crippen molar-refractivity contribution in [2.24, 2.45) is 0 Å². The van der Waals surface area contributed by atoms with E-state index < -0.39 is 15.8 Å². The largest absolute Gasteiger partial charge is 0.506 e. The molecule has 0 bridgehead atoms. The molecule has 0 saturated heterocycles. The first-order chi connectivity index (χ1) is 10.4. The van der Waals surface area contributed by atoms with E-state index in [0.717, 1.165) is 18.2 Å². The Kier molecular flexibility index (Phi) is 4.41. The van der Waals surface area contributed by atoms with Gasteiger partial charge in [0.05, 0.1) is 24.8 Å². The van der Waals surface area contributed by atoms with Crippen LogP contribution in [0.15, 0.2) is 41.3 Å². The third-order valence-corrected chi connectivity index (χ3v) is 4.23. The van der Waals surface area contributed by atoms with Crippen LogP contribution in [0.4, 0.5) is 10.1 Å². The molecular weight excluding hydrogens is 313 g/mol. The molecule has 6 nitrogen and oxygen atoms in total. The first-order valence-electron chi connectivity index (χ1n) is 6.10. The van der Waals surface area contributed by atoms with E-state index >= 15 is 0 Å². The van der Waals surface area contributed by atoms with E-state index in [1.165, 1.54) is 32.4 Å². The van der Waals surface area contributed by atoms with E-state index in [1.807, 2.05) is 0 Å². The number of rotatable bonds is 5. The summed E-state index contributed by atoms with van der Waals surface area (Å²) in [5.74, 6) is -0.461. The SMILES string of the molecule is COc1ccc(S(=O)(=O)Nc2cc(F)ccc2O)cc1OC. The number of phenolic OH excluding ortho intramolecular Hbond substituents is 1. The van der Waals surface area contributed by atoms with Gasteiger partial charge >= 0.3 is 0 Å². The van der Waals surface area contributed by atoms with Gasteiger partial charge in [-0.2, -0.15) is 0 Å². The van der Waals surface area contributed by atoms with Crippen molar-refractivity contribution < 1.29 is 27.4 Å². The summed E-state index contributed by atoms with van der Waals surface area (Å²) in [4.78, 5) is -0.117. The van der Waals surface area contributed by atoms with Gasteiger partial charge in [0, 0.05) is 12.1 Å². The fourth-order valence-corrected chi connectivity index (χ4v) is 2.86. The monoisotopic (exact) mass is 327 g/mol. The van der Waals surface area contributed by atoms with Crippen molar-refractivity contribution >= 4 is 15.7 Å². The van der Waals surface area contributed by atoms with E-state index in [1.54, 1.807) is 0 Å². The molecule has 0 amide bonds. The lowest BCUT2D eigenvalue weighted by atomic mass is 10.3. The van der Waals surface area contributed by atoms with E-state index in [0.29, 0.717) is 5.75 Å². The Bertz CT molecular complexity index is 792. The number of ether oxygens (including phenoxy) is 2. The fourth-order valence-electron chi connectivity index (χ4n) is 1.78. The van der Waals surface area contributed by atoms with Crippen molar-refractivity contribution in [3.63, 3.8) is 0 Å². The lowest BCUT2D eigenvalue weighted by molar-refractivity contribution is 0.354. The van der Waals surface area contributed by atoms with Crippen LogP contribution in [0.2, 0.25) is 0 Å². The van der Waals surface area contributed by atoms with Gasteiger partial charge in [-0.15, -0.1) is 0 Å². The average molecular weight is 327 g/mol. The van der Waals surface area contributed by atoms with Crippen molar-refractivity contribution in [1.29, 1.82) is 0 Å². The summed E-state index contributed by atoms with van der Waals surface area (Å²) in [5, 5.41) is 9.59. The first-order valence-corrected chi connectivity index (χ1v) is 7.59. The quantitative estimate of drug-likeness (QED) is 0.824. The maximum atomic E-state index is 13.2. The summed E-state index contributed by atoms with van der Waals surface area (Å²) in [6.07, 6.45) is 0. The zero-order valence-electron chi connectivity index (χ0n) is 11.8. The van der Waals surface area contributed by atoms with Crippen molar-refractivity contribution in [2.45, 2.75) is 4.90 Å². The highest BCUT2D eigenvalue weighted by atomic mass is 32.2. The number of phenols is 1. The Morgan fingerprint density at radius 1 is 1.05 bits per heavy atom. The van der Waals surface area contributed by atoms with Gasteiger partial charge in [0.2, 0.25) is 0 Å². The van der Waals surface area contributed by atoms with Crippen LogP contribution in [0, 0.1) is 5.82 Å². The number of hydrogen-bond acceptors (Lipinski definition) is 5.